The molecule has 19 heavy (non-hydrogen) atoms. The Morgan fingerprint density at radius 3 is 2.68 bits per heavy atom. The van der Waals surface area contributed by atoms with Crippen molar-refractivity contribution in [1.29, 1.82) is 0 Å². The normalized spacial score (nSPS) is 28.6. The summed E-state index contributed by atoms with van der Waals surface area (Å²) in [7, 11) is 0. The van der Waals surface area contributed by atoms with Gasteiger partial charge in [-0.25, -0.2) is 4.79 Å². The fourth-order valence-electron chi connectivity index (χ4n) is 3.54. The maximum Gasteiger partial charge on any atom is 0.346 e. The number of nitrogens with one attached hydrogen (secondary N) is 1. The molecule has 102 valence electrons. The molecule has 0 saturated heterocycles. The predicted molar refractivity (Wildman–Crippen MR) is 73.6 cm³/mol. The van der Waals surface area contributed by atoms with E-state index < -0.39 is 5.97 Å². The van der Waals surface area contributed by atoms with Crippen molar-refractivity contribution < 1.29 is 14.7 Å². The summed E-state index contributed by atoms with van der Waals surface area (Å²) in [6.45, 7) is 1.76. The van der Waals surface area contributed by atoms with Gasteiger partial charge in [0, 0.05) is 5.92 Å². The van der Waals surface area contributed by atoms with Gasteiger partial charge in [0.05, 0.1) is 5.00 Å². The minimum atomic E-state index is -0.928. The fourth-order valence-corrected chi connectivity index (χ4v) is 4.45. The van der Waals surface area contributed by atoms with E-state index in [0.29, 0.717) is 21.4 Å². The summed E-state index contributed by atoms with van der Waals surface area (Å²) in [6.07, 6.45) is 4.65. The number of hydrogen-bond acceptors (Lipinski definition) is 3. The third-order valence-corrected chi connectivity index (χ3v) is 5.57. The van der Waals surface area contributed by atoms with E-state index in [9.17, 15) is 9.59 Å². The molecule has 2 aliphatic carbocycles. The van der Waals surface area contributed by atoms with Crippen LogP contribution in [-0.2, 0) is 4.79 Å². The van der Waals surface area contributed by atoms with Crippen LogP contribution in [0.4, 0.5) is 5.00 Å². The molecule has 0 spiro atoms. The van der Waals surface area contributed by atoms with Gasteiger partial charge in [-0.2, -0.15) is 0 Å². The number of thiophene rings is 1. The van der Waals surface area contributed by atoms with Crippen LogP contribution in [0.15, 0.2) is 6.07 Å². The summed E-state index contributed by atoms with van der Waals surface area (Å²) in [5, 5.41) is 12.6. The average Bonchev–Trinajstić information content (AvgIpc) is 3.03. The summed E-state index contributed by atoms with van der Waals surface area (Å²) >= 11 is 1.14. The van der Waals surface area contributed by atoms with Crippen molar-refractivity contribution in [3.05, 3.63) is 16.5 Å². The second-order valence-corrected chi connectivity index (χ2v) is 6.75. The topological polar surface area (TPSA) is 66.4 Å². The van der Waals surface area contributed by atoms with E-state index in [2.05, 4.69) is 5.32 Å². The van der Waals surface area contributed by atoms with Crippen LogP contribution in [0, 0.1) is 24.7 Å². The summed E-state index contributed by atoms with van der Waals surface area (Å²) in [5.74, 6) is 0.563. The second-order valence-electron chi connectivity index (χ2n) is 5.70. The third kappa shape index (κ3) is 2.27. The van der Waals surface area contributed by atoms with Crippen LogP contribution >= 0.6 is 11.3 Å². The Balaban J connectivity index is 1.70. The van der Waals surface area contributed by atoms with Gasteiger partial charge in [-0.05, 0) is 49.7 Å². The monoisotopic (exact) mass is 279 g/mol. The van der Waals surface area contributed by atoms with E-state index in [1.165, 1.54) is 19.3 Å². The molecule has 1 aromatic rings. The van der Waals surface area contributed by atoms with Gasteiger partial charge < -0.3 is 10.4 Å². The van der Waals surface area contributed by atoms with Crippen LogP contribution in [0.25, 0.3) is 0 Å². The van der Waals surface area contributed by atoms with Gasteiger partial charge in [-0.3, -0.25) is 4.79 Å². The van der Waals surface area contributed by atoms with Crippen LogP contribution in [0.1, 0.15) is 40.9 Å². The number of carboxylic acids is 1. The number of rotatable bonds is 3. The first-order valence-corrected chi connectivity index (χ1v) is 7.51. The number of aromatic carboxylic acids is 1. The predicted octanol–water partition coefficient (Wildman–Crippen LogP) is 3.13. The highest BCUT2D eigenvalue weighted by Gasteiger charge is 2.43. The zero-order chi connectivity index (χ0) is 13.6. The maximum absolute atomic E-state index is 12.2. The molecule has 3 rings (SSSR count). The molecule has 0 radical (unpaired) electrons. The van der Waals surface area contributed by atoms with Crippen LogP contribution in [0.2, 0.25) is 0 Å². The number of anilines is 1. The number of carboxylic acid groups (broad SMARTS) is 1. The molecule has 5 heteroatoms. The highest BCUT2D eigenvalue weighted by Crippen LogP contribution is 2.48. The molecule has 2 saturated carbocycles. The molecular weight excluding hydrogens is 262 g/mol. The van der Waals surface area contributed by atoms with E-state index >= 15 is 0 Å². The summed E-state index contributed by atoms with van der Waals surface area (Å²) in [6, 6.07) is 1.75. The maximum atomic E-state index is 12.2. The van der Waals surface area contributed by atoms with Crippen LogP contribution < -0.4 is 5.32 Å². The van der Waals surface area contributed by atoms with Crippen molar-refractivity contribution in [1.82, 2.24) is 0 Å². The minimum Gasteiger partial charge on any atom is -0.477 e. The molecule has 2 aliphatic rings. The lowest BCUT2D eigenvalue weighted by atomic mass is 9.88. The van der Waals surface area contributed by atoms with Gasteiger partial charge in [0.25, 0.3) is 0 Å². The second kappa shape index (κ2) is 4.63. The molecule has 0 aromatic carbocycles. The molecule has 4 nitrogen and oxygen atoms in total. The molecule has 2 bridgehead atoms. The van der Waals surface area contributed by atoms with Crippen molar-refractivity contribution in [3.63, 3.8) is 0 Å². The lowest BCUT2D eigenvalue weighted by molar-refractivity contribution is -0.121. The first kappa shape index (κ1) is 12.7. The molecule has 2 fully saturated rings. The summed E-state index contributed by atoms with van der Waals surface area (Å²) < 4.78 is 0. The Morgan fingerprint density at radius 1 is 1.37 bits per heavy atom. The van der Waals surface area contributed by atoms with Gasteiger partial charge >= 0.3 is 5.97 Å². The van der Waals surface area contributed by atoms with E-state index in [-0.39, 0.29) is 11.8 Å². The van der Waals surface area contributed by atoms with Crippen molar-refractivity contribution >= 4 is 28.2 Å². The zero-order valence-electron chi connectivity index (χ0n) is 10.8. The fraction of sp³-hybridized carbons (Fsp3) is 0.571. The van der Waals surface area contributed by atoms with Crippen molar-refractivity contribution in [2.45, 2.75) is 32.6 Å². The lowest BCUT2D eigenvalue weighted by Gasteiger charge is -2.20. The quantitative estimate of drug-likeness (QED) is 0.893. The first-order valence-electron chi connectivity index (χ1n) is 6.69. The van der Waals surface area contributed by atoms with E-state index in [1.807, 2.05) is 0 Å². The van der Waals surface area contributed by atoms with Gasteiger partial charge in [-0.15, -0.1) is 11.3 Å². The Morgan fingerprint density at radius 2 is 2.16 bits per heavy atom. The van der Waals surface area contributed by atoms with Gasteiger partial charge in [0.1, 0.15) is 4.88 Å². The zero-order valence-corrected chi connectivity index (χ0v) is 11.6. The molecular formula is C14H17NO3S. The van der Waals surface area contributed by atoms with Crippen LogP contribution in [0.3, 0.4) is 0 Å². The van der Waals surface area contributed by atoms with E-state index in [4.69, 9.17) is 5.11 Å². The molecule has 3 unspecified atom stereocenters. The van der Waals surface area contributed by atoms with Crippen molar-refractivity contribution in [2.75, 3.05) is 5.32 Å². The number of fused-ring (bicyclic) bond motifs is 2. The minimum absolute atomic E-state index is 0.0744. The highest BCUT2D eigenvalue weighted by molar-refractivity contribution is 7.18. The molecule has 1 heterocycles. The SMILES string of the molecule is Cc1cc(NC(=O)C2CC3CCC2C3)sc1C(=O)O. The summed E-state index contributed by atoms with van der Waals surface area (Å²) in [5.41, 5.74) is 0.709. The highest BCUT2D eigenvalue weighted by atomic mass is 32.1. The number of carbonyl (C=O) groups is 2. The average molecular weight is 279 g/mol. The van der Waals surface area contributed by atoms with Gasteiger partial charge in [0.2, 0.25) is 5.91 Å². The Hall–Kier alpha value is -1.36. The molecule has 1 aromatic heterocycles. The number of hydrogen-bond donors (Lipinski definition) is 2. The number of amides is 1. The molecule has 1 amide bonds. The molecule has 3 atom stereocenters. The first-order chi connectivity index (χ1) is 9.04. The Bertz CT molecular complexity index is 537. The number of carbonyl (C=O) groups excluding carboxylic acids is 1. The Kier molecular flexibility index (Phi) is 3.09. The van der Waals surface area contributed by atoms with Gasteiger partial charge in [0.15, 0.2) is 0 Å². The van der Waals surface area contributed by atoms with E-state index in [0.717, 1.165) is 23.7 Å². The van der Waals surface area contributed by atoms with Crippen LogP contribution in [-0.4, -0.2) is 17.0 Å². The summed E-state index contributed by atoms with van der Waals surface area (Å²) in [4.78, 5) is 23.5. The largest absolute Gasteiger partial charge is 0.477 e. The standard InChI is InChI=1S/C14H17NO3S/c1-7-4-11(19-12(7)14(17)18)15-13(16)10-6-8-2-3-9(10)5-8/h4,8-10H,2-3,5-6H2,1H3,(H,15,16)(H,17,18). The molecule has 2 N–H and O–H groups in total. The third-order valence-electron chi connectivity index (χ3n) is 4.43. The number of aryl methyl sites for hydroxylation is 1. The van der Waals surface area contributed by atoms with Crippen molar-refractivity contribution in [2.24, 2.45) is 17.8 Å². The smallest absolute Gasteiger partial charge is 0.346 e. The lowest BCUT2D eigenvalue weighted by Crippen LogP contribution is -2.26. The van der Waals surface area contributed by atoms with Crippen molar-refractivity contribution in [3.8, 4) is 0 Å². The van der Waals surface area contributed by atoms with Crippen LogP contribution in [0.5, 0.6) is 0 Å². The van der Waals surface area contributed by atoms with E-state index in [1.54, 1.807) is 13.0 Å². The Labute approximate surface area is 115 Å². The molecule has 0 aliphatic heterocycles. The van der Waals surface area contributed by atoms with Gasteiger partial charge in [-0.1, -0.05) is 6.42 Å².